The third-order valence-electron chi connectivity index (χ3n) is 5.30. The van der Waals surface area contributed by atoms with Gasteiger partial charge < -0.3 is 14.5 Å². The average molecular weight is 358 g/mol. The van der Waals surface area contributed by atoms with Gasteiger partial charge in [0.1, 0.15) is 5.75 Å². The molecule has 0 unspecified atom stereocenters. The van der Waals surface area contributed by atoms with E-state index in [1.54, 1.807) is 0 Å². The molecular weight excluding hydrogens is 328 g/mol. The molecule has 0 aromatic heterocycles. The van der Waals surface area contributed by atoms with Crippen molar-refractivity contribution in [3.8, 4) is 5.75 Å². The zero-order valence-corrected chi connectivity index (χ0v) is 15.9. The lowest BCUT2D eigenvalue weighted by Gasteiger charge is -2.33. The Morgan fingerprint density at radius 2 is 1.69 bits per heavy atom. The number of hydrogen-bond donors (Lipinski definition) is 0. The van der Waals surface area contributed by atoms with E-state index in [9.17, 15) is 9.59 Å². The van der Waals surface area contributed by atoms with Gasteiger partial charge in [-0.1, -0.05) is 13.8 Å². The highest BCUT2D eigenvalue weighted by Crippen LogP contribution is 2.21. The molecule has 2 fully saturated rings. The van der Waals surface area contributed by atoms with Crippen LogP contribution in [0.3, 0.4) is 0 Å². The van der Waals surface area contributed by atoms with Crippen molar-refractivity contribution in [1.82, 2.24) is 9.80 Å². The molecule has 1 atom stereocenters. The van der Waals surface area contributed by atoms with Gasteiger partial charge in [-0.05, 0) is 49.9 Å². The molecule has 142 valence electrons. The van der Waals surface area contributed by atoms with E-state index in [0.717, 1.165) is 63.2 Å². The first-order chi connectivity index (χ1) is 12.5. The molecule has 2 aliphatic heterocycles. The number of ether oxygens (including phenoxy) is 1. The minimum Gasteiger partial charge on any atom is -0.493 e. The minimum absolute atomic E-state index is 0.0513. The third-order valence-corrected chi connectivity index (χ3v) is 5.30. The molecule has 0 saturated carbocycles. The molecule has 0 aliphatic carbocycles. The Hall–Kier alpha value is -2.04. The molecule has 0 N–H and O–H groups in total. The maximum atomic E-state index is 12.4. The van der Waals surface area contributed by atoms with Crippen molar-refractivity contribution in [3.05, 3.63) is 29.8 Å². The fourth-order valence-electron chi connectivity index (χ4n) is 3.78. The van der Waals surface area contributed by atoms with Crippen LogP contribution in [0.4, 0.5) is 0 Å². The quantitative estimate of drug-likeness (QED) is 0.812. The van der Waals surface area contributed by atoms with Crippen LogP contribution in [0.2, 0.25) is 0 Å². The summed E-state index contributed by atoms with van der Waals surface area (Å²) < 4.78 is 5.93. The topological polar surface area (TPSA) is 49.9 Å². The normalized spacial score (nSPS) is 20.5. The van der Waals surface area contributed by atoms with Gasteiger partial charge in [-0.2, -0.15) is 0 Å². The van der Waals surface area contributed by atoms with Gasteiger partial charge in [0, 0.05) is 43.6 Å². The number of carbonyl (C=O) groups excluding carboxylic acids is 2. The summed E-state index contributed by atoms with van der Waals surface area (Å²) in [6.07, 6.45) is 4.33. The standard InChI is InChI=1S/C21H30N2O3/c1-16(2)20(24)23-13-5-6-17(14-23)15-26-19-9-7-18(8-10-19)21(25)22-11-3-4-12-22/h7-10,16-17H,3-6,11-15H2,1-2H3/t17-/m1/s1. The highest BCUT2D eigenvalue weighted by molar-refractivity contribution is 5.94. The second-order valence-corrected chi connectivity index (χ2v) is 7.78. The van der Waals surface area contributed by atoms with Gasteiger partial charge in [0.15, 0.2) is 0 Å². The Morgan fingerprint density at radius 3 is 2.35 bits per heavy atom. The van der Waals surface area contributed by atoms with Gasteiger partial charge in [0.25, 0.3) is 5.91 Å². The monoisotopic (exact) mass is 358 g/mol. The summed E-state index contributed by atoms with van der Waals surface area (Å²) in [6.45, 7) is 7.89. The highest BCUT2D eigenvalue weighted by atomic mass is 16.5. The Morgan fingerprint density at radius 1 is 1.04 bits per heavy atom. The molecule has 26 heavy (non-hydrogen) atoms. The first-order valence-corrected chi connectivity index (χ1v) is 9.85. The molecule has 0 spiro atoms. The number of rotatable bonds is 5. The van der Waals surface area contributed by atoms with Crippen molar-refractivity contribution in [2.45, 2.75) is 39.5 Å². The zero-order chi connectivity index (χ0) is 18.5. The van der Waals surface area contributed by atoms with E-state index < -0.39 is 0 Å². The van der Waals surface area contributed by atoms with E-state index in [2.05, 4.69) is 0 Å². The Bertz CT molecular complexity index is 621. The number of benzene rings is 1. The molecule has 2 heterocycles. The fraction of sp³-hybridized carbons (Fsp3) is 0.619. The fourth-order valence-corrected chi connectivity index (χ4v) is 3.78. The first kappa shape index (κ1) is 18.7. The highest BCUT2D eigenvalue weighted by Gasteiger charge is 2.25. The SMILES string of the molecule is CC(C)C(=O)N1CCC[C@@H](COc2ccc(C(=O)N3CCCC3)cc2)C1. The molecule has 2 saturated heterocycles. The van der Waals surface area contributed by atoms with Crippen LogP contribution in [0.25, 0.3) is 0 Å². The molecule has 5 nitrogen and oxygen atoms in total. The van der Waals surface area contributed by atoms with Crippen LogP contribution in [0.1, 0.15) is 49.9 Å². The average Bonchev–Trinajstić information content (AvgIpc) is 3.20. The van der Waals surface area contributed by atoms with Crippen molar-refractivity contribution in [3.63, 3.8) is 0 Å². The summed E-state index contributed by atoms with van der Waals surface area (Å²) in [4.78, 5) is 28.4. The maximum Gasteiger partial charge on any atom is 0.253 e. The van der Waals surface area contributed by atoms with Crippen LogP contribution >= 0.6 is 0 Å². The van der Waals surface area contributed by atoms with E-state index in [-0.39, 0.29) is 17.7 Å². The van der Waals surface area contributed by atoms with Crippen LogP contribution in [-0.2, 0) is 4.79 Å². The van der Waals surface area contributed by atoms with Crippen molar-refractivity contribution in [1.29, 1.82) is 0 Å². The van der Waals surface area contributed by atoms with Crippen molar-refractivity contribution >= 4 is 11.8 Å². The summed E-state index contributed by atoms with van der Waals surface area (Å²) >= 11 is 0. The molecule has 0 bridgehead atoms. The lowest BCUT2D eigenvalue weighted by atomic mass is 9.98. The number of nitrogens with zero attached hydrogens (tertiary/aromatic N) is 2. The smallest absolute Gasteiger partial charge is 0.253 e. The summed E-state index contributed by atoms with van der Waals surface area (Å²) in [7, 11) is 0. The molecule has 2 aliphatic rings. The largest absolute Gasteiger partial charge is 0.493 e. The Balaban J connectivity index is 1.50. The van der Waals surface area contributed by atoms with Crippen LogP contribution in [0.15, 0.2) is 24.3 Å². The first-order valence-electron chi connectivity index (χ1n) is 9.85. The zero-order valence-electron chi connectivity index (χ0n) is 15.9. The van der Waals surface area contributed by atoms with Crippen LogP contribution in [0.5, 0.6) is 5.75 Å². The third kappa shape index (κ3) is 4.57. The van der Waals surface area contributed by atoms with Crippen LogP contribution in [-0.4, -0.2) is 54.4 Å². The number of carbonyl (C=O) groups is 2. The lowest BCUT2D eigenvalue weighted by Crippen LogP contribution is -2.43. The molecule has 1 aromatic carbocycles. The maximum absolute atomic E-state index is 12.4. The predicted octanol–water partition coefficient (Wildman–Crippen LogP) is 3.20. The summed E-state index contributed by atoms with van der Waals surface area (Å²) in [5.74, 6) is 1.56. The summed E-state index contributed by atoms with van der Waals surface area (Å²) in [5, 5.41) is 0. The Kier molecular flexibility index (Phi) is 6.17. The summed E-state index contributed by atoms with van der Waals surface area (Å²) in [6, 6.07) is 7.46. The molecule has 3 rings (SSSR count). The molecule has 0 radical (unpaired) electrons. The number of piperidine rings is 1. The Labute approximate surface area is 156 Å². The second kappa shape index (κ2) is 8.56. The number of amides is 2. The van der Waals surface area contributed by atoms with Gasteiger partial charge in [0.05, 0.1) is 6.61 Å². The molecule has 2 amide bonds. The molecule has 1 aromatic rings. The van der Waals surface area contributed by atoms with Crippen molar-refractivity contribution < 1.29 is 14.3 Å². The van der Waals surface area contributed by atoms with Gasteiger partial charge in [-0.15, -0.1) is 0 Å². The minimum atomic E-state index is 0.0513. The van der Waals surface area contributed by atoms with Crippen molar-refractivity contribution in [2.75, 3.05) is 32.8 Å². The van der Waals surface area contributed by atoms with Crippen molar-refractivity contribution in [2.24, 2.45) is 11.8 Å². The molecular formula is C21H30N2O3. The van der Waals surface area contributed by atoms with Gasteiger partial charge in [-0.25, -0.2) is 0 Å². The molecule has 5 heteroatoms. The van der Waals surface area contributed by atoms with Gasteiger partial charge >= 0.3 is 0 Å². The predicted molar refractivity (Wildman–Crippen MR) is 101 cm³/mol. The summed E-state index contributed by atoms with van der Waals surface area (Å²) in [5.41, 5.74) is 0.727. The van der Waals surface area contributed by atoms with Gasteiger partial charge in [0.2, 0.25) is 5.91 Å². The van der Waals surface area contributed by atoms with E-state index in [1.165, 1.54) is 0 Å². The van der Waals surface area contributed by atoms with E-state index >= 15 is 0 Å². The van der Waals surface area contributed by atoms with E-state index in [1.807, 2.05) is 47.9 Å². The second-order valence-electron chi connectivity index (χ2n) is 7.78. The number of hydrogen-bond acceptors (Lipinski definition) is 3. The van der Waals surface area contributed by atoms with Gasteiger partial charge in [-0.3, -0.25) is 9.59 Å². The van der Waals surface area contributed by atoms with E-state index in [4.69, 9.17) is 4.74 Å². The van der Waals surface area contributed by atoms with Crippen LogP contribution < -0.4 is 4.74 Å². The van der Waals surface area contributed by atoms with Crippen LogP contribution in [0, 0.1) is 11.8 Å². The lowest BCUT2D eigenvalue weighted by molar-refractivity contribution is -0.136. The number of likely N-dealkylation sites (tertiary alicyclic amines) is 2. The van der Waals surface area contributed by atoms with E-state index in [0.29, 0.717) is 12.5 Å².